The average Bonchev–Trinajstić information content (AvgIpc) is 3.13. The number of ether oxygens (including phenoxy) is 1. The number of allylic oxidation sites excluding steroid dienone is 3. The molecule has 2 heterocycles. The molecule has 4 aromatic carbocycles. The number of para-hydroxylation sites is 1. The molecule has 1 fully saturated rings. The maximum Gasteiger partial charge on any atom is 0.294 e. The van der Waals surface area contributed by atoms with Gasteiger partial charge in [0.1, 0.15) is 18.6 Å². The van der Waals surface area contributed by atoms with Crippen LogP contribution in [0.4, 0.5) is 17.1 Å². The summed E-state index contributed by atoms with van der Waals surface area (Å²) in [5.41, 5.74) is 5.02. The predicted octanol–water partition coefficient (Wildman–Crippen LogP) is 7.13. The molecule has 50 heavy (non-hydrogen) atoms. The van der Waals surface area contributed by atoms with E-state index < -0.39 is 20.1 Å². The molecule has 2 atom stereocenters. The van der Waals surface area contributed by atoms with Crippen LogP contribution in [-0.4, -0.2) is 63.2 Å². The van der Waals surface area contributed by atoms with Crippen LogP contribution in [0.25, 0.3) is 0 Å². The fourth-order valence-corrected chi connectivity index (χ4v) is 9.25. The van der Waals surface area contributed by atoms with E-state index in [0.717, 1.165) is 41.1 Å². The Labute approximate surface area is 294 Å². The van der Waals surface area contributed by atoms with Gasteiger partial charge in [-0.3, -0.25) is 4.55 Å². The molecule has 2 unspecified atom stereocenters. The molecule has 1 aliphatic carbocycles. The van der Waals surface area contributed by atoms with E-state index in [-0.39, 0.29) is 16.7 Å². The van der Waals surface area contributed by atoms with Crippen molar-refractivity contribution in [2.24, 2.45) is 11.8 Å². The Morgan fingerprint density at radius 1 is 0.840 bits per heavy atom. The van der Waals surface area contributed by atoms with Gasteiger partial charge in [0.2, 0.25) is 21.4 Å². The fourth-order valence-electron chi connectivity index (χ4n) is 7.06. The van der Waals surface area contributed by atoms with E-state index in [1.165, 1.54) is 12.1 Å². The van der Waals surface area contributed by atoms with Crippen molar-refractivity contribution in [3.8, 4) is 5.75 Å². The molecule has 0 bridgehead atoms. The molecular weight excluding hydrogens is 671 g/mol. The van der Waals surface area contributed by atoms with Gasteiger partial charge in [0.15, 0.2) is 0 Å². The molecule has 258 valence electrons. The van der Waals surface area contributed by atoms with E-state index in [9.17, 15) is 21.4 Å². The van der Waals surface area contributed by atoms with Gasteiger partial charge in [-0.15, -0.1) is 0 Å². The molecule has 0 aromatic heterocycles. The minimum absolute atomic E-state index is 0.185. The zero-order valence-electron chi connectivity index (χ0n) is 28.2. The van der Waals surface area contributed by atoms with Crippen molar-refractivity contribution in [3.63, 3.8) is 0 Å². The summed E-state index contributed by atoms with van der Waals surface area (Å²) in [6.45, 7) is 3.17. The van der Waals surface area contributed by atoms with Crippen molar-refractivity contribution >= 4 is 42.9 Å². The van der Waals surface area contributed by atoms with Gasteiger partial charge in [-0.25, -0.2) is 8.42 Å². The summed E-state index contributed by atoms with van der Waals surface area (Å²) in [4.78, 5) is 2.02. The second-order valence-electron chi connectivity index (χ2n) is 13.2. The Kier molecular flexibility index (Phi) is 9.02. The lowest BCUT2D eigenvalue weighted by molar-refractivity contribution is -0.403. The second kappa shape index (κ2) is 13.3. The highest BCUT2D eigenvalue weighted by molar-refractivity contribution is 7.89. The lowest BCUT2D eigenvalue weighted by Crippen LogP contribution is -2.38. The highest BCUT2D eigenvalue weighted by Gasteiger charge is 2.41. The van der Waals surface area contributed by atoms with Crippen LogP contribution in [0.5, 0.6) is 5.75 Å². The topological polar surface area (TPSA) is 107 Å². The summed E-state index contributed by atoms with van der Waals surface area (Å²) in [6, 6.07) is 29.2. The minimum atomic E-state index is -4.32. The van der Waals surface area contributed by atoms with Crippen molar-refractivity contribution < 1.29 is 30.7 Å². The monoisotopic (exact) mass is 710 g/mol. The summed E-state index contributed by atoms with van der Waals surface area (Å²) in [5, 5.41) is 0. The summed E-state index contributed by atoms with van der Waals surface area (Å²) >= 11 is 0. The lowest BCUT2D eigenvalue weighted by atomic mass is 9.75. The van der Waals surface area contributed by atoms with Gasteiger partial charge in [-0.1, -0.05) is 55.5 Å². The molecule has 0 spiro atoms. The molecule has 1 N–H and O–H groups in total. The van der Waals surface area contributed by atoms with E-state index in [0.29, 0.717) is 41.1 Å². The number of benzene rings is 4. The van der Waals surface area contributed by atoms with E-state index in [4.69, 9.17) is 4.74 Å². The Morgan fingerprint density at radius 3 is 2.20 bits per heavy atom. The Bertz CT molecular complexity index is 2240. The van der Waals surface area contributed by atoms with Crippen LogP contribution in [0.1, 0.15) is 36.8 Å². The Morgan fingerprint density at radius 2 is 1.50 bits per heavy atom. The van der Waals surface area contributed by atoms with Crippen LogP contribution in [-0.2, 0) is 20.1 Å². The number of anilines is 2. The van der Waals surface area contributed by atoms with E-state index >= 15 is 0 Å². The van der Waals surface area contributed by atoms with Gasteiger partial charge >= 0.3 is 0 Å². The number of rotatable bonds is 7. The summed E-state index contributed by atoms with van der Waals surface area (Å²) in [6.07, 6.45) is 7.88. The third-order valence-electron chi connectivity index (χ3n) is 10.1. The maximum atomic E-state index is 14.3. The quantitative estimate of drug-likeness (QED) is 0.161. The summed E-state index contributed by atoms with van der Waals surface area (Å²) in [7, 11) is -4.23. The molecule has 0 radical (unpaired) electrons. The average molecular weight is 711 g/mol. The van der Waals surface area contributed by atoms with Crippen LogP contribution in [0.3, 0.4) is 0 Å². The van der Waals surface area contributed by atoms with Crippen LogP contribution in [0, 0.1) is 11.8 Å². The van der Waals surface area contributed by atoms with Gasteiger partial charge in [0.05, 0.1) is 9.79 Å². The number of hydrogen-bond acceptors (Lipinski definition) is 6. The van der Waals surface area contributed by atoms with Crippen LogP contribution in [0.15, 0.2) is 131 Å². The van der Waals surface area contributed by atoms with Crippen LogP contribution in [0.2, 0.25) is 0 Å². The molecule has 11 heteroatoms. The van der Waals surface area contributed by atoms with Gasteiger partial charge in [0.25, 0.3) is 10.1 Å². The summed E-state index contributed by atoms with van der Waals surface area (Å²) < 4.78 is 71.7. The molecule has 1 saturated heterocycles. The van der Waals surface area contributed by atoms with Crippen molar-refractivity contribution in [1.82, 2.24) is 4.31 Å². The molecule has 0 amide bonds. The lowest BCUT2D eigenvalue weighted by Gasteiger charge is -2.37. The molecule has 7 rings (SSSR count). The first-order chi connectivity index (χ1) is 23.9. The fraction of sp³-hybridized carbons (Fsp3) is 0.256. The normalized spacial score (nSPS) is 20.7. The molecular formula is C39H40N3O6S2+. The van der Waals surface area contributed by atoms with Gasteiger partial charge in [-0.2, -0.15) is 17.3 Å². The zero-order valence-corrected chi connectivity index (χ0v) is 29.8. The zero-order chi connectivity index (χ0) is 35.2. The molecule has 3 aliphatic rings. The highest BCUT2D eigenvalue weighted by Crippen LogP contribution is 2.50. The SMILES string of the molecule is CC1CCN(S(=O)(=O)c2ccccc2C2c3ccc(N(C)c4ccc(S(=O)(=O)O)cc4)cc3OC3=CC(=[N+](C)c4ccccc4)C=CC32)CC1. The van der Waals surface area contributed by atoms with Crippen molar-refractivity contribution in [2.45, 2.75) is 35.5 Å². The van der Waals surface area contributed by atoms with E-state index in [2.05, 4.69) is 23.7 Å². The third kappa shape index (κ3) is 6.42. The smallest absolute Gasteiger partial charge is 0.294 e. The number of hydrogen-bond donors (Lipinski definition) is 1. The molecule has 0 saturated carbocycles. The Hall–Kier alpha value is -4.55. The number of nitrogens with zero attached hydrogens (tertiary/aromatic N) is 3. The van der Waals surface area contributed by atoms with Gasteiger partial charge in [0, 0.05) is 79.3 Å². The molecule has 9 nitrogen and oxygen atoms in total. The van der Waals surface area contributed by atoms with Crippen molar-refractivity contribution in [1.29, 1.82) is 0 Å². The number of sulfonamides is 1. The van der Waals surface area contributed by atoms with E-state index in [1.54, 1.807) is 28.6 Å². The first-order valence-corrected chi connectivity index (χ1v) is 19.6. The van der Waals surface area contributed by atoms with Crippen LogP contribution < -0.4 is 9.64 Å². The van der Waals surface area contributed by atoms with Crippen LogP contribution >= 0.6 is 0 Å². The molecule has 4 aromatic rings. The highest BCUT2D eigenvalue weighted by atomic mass is 32.2. The standard InChI is InChI=1S/C39H39N3O6S2/c1-27-21-23-42(24-22-27)49(43,44)38-12-8-7-11-35(38)39-33-19-15-30(40(2)28-9-5-4-6-10-28)25-36(33)48-37-26-31(16-20-34(37)39)41(3)29-13-17-32(18-14-29)50(45,46)47/h4-20,25-27,33,39H,21-24H2,1-3H3/p+1. The first kappa shape index (κ1) is 33.9. The van der Waals surface area contributed by atoms with Crippen molar-refractivity contribution in [2.75, 3.05) is 32.1 Å². The third-order valence-corrected chi connectivity index (χ3v) is 12.9. The van der Waals surface area contributed by atoms with Gasteiger partial charge < -0.3 is 9.64 Å². The molecule has 2 aliphatic heterocycles. The second-order valence-corrected chi connectivity index (χ2v) is 16.5. The largest absolute Gasteiger partial charge is 0.460 e. The summed E-state index contributed by atoms with van der Waals surface area (Å²) in [5.74, 6) is 1.19. The van der Waals surface area contributed by atoms with E-state index in [1.807, 2.05) is 85.7 Å². The van der Waals surface area contributed by atoms with Gasteiger partial charge in [-0.05, 0) is 60.7 Å². The van der Waals surface area contributed by atoms with Crippen molar-refractivity contribution in [3.05, 3.63) is 132 Å². The number of fused-ring (bicyclic) bond motifs is 2. The Balaban J connectivity index is 1.34. The minimum Gasteiger partial charge on any atom is -0.460 e. The first-order valence-electron chi connectivity index (χ1n) is 16.7. The number of piperidine rings is 1. The maximum absolute atomic E-state index is 14.3. The predicted molar refractivity (Wildman–Crippen MR) is 195 cm³/mol.